The summed E-state index contributed by atoms with van der Waals surface area (Å²) in [5.41, 5.74) is 2.16. The Hall–Kier alpha value is -2.70. The number of aliphatic hydroxyl groups is 1. The van der Waals surface area contributed by atoms with Gasteiger partial charge in [0.1, 0.15) is 18.3 Å². The minimum atomic E-state index is -0.973. The molecule has 1 aliphatic rings. The van der Waals surface area contributed by atoms with Crippen molar-refractivity contribution in [2.45, 2.75) is 64.1 Å². The van der Waals surface area contributed by atoms with Gasteiger partial charge in [-0.05, 0) is 24.0 Å². The molecule has 0 aromatic heterocycles. The third kappa shape index (κ3) is 5.90. The quantitative estimate of drug-likeness (QED) is 0.706. The molecule has 0 aliphatic heterocycles. The van der Waals surface area contributed by atoms with Crippen molar-refractivity contribution in [3.8, 4) is 0 Å². The molecule has 0 spiro atoms. The molecule has 2 aromatic carbocycles. The van der Waals surface area contributed by atoms with Crippen molar-refractivity contribution in [3.05, 3.63) is 71.8 Å². The summed E-state index contributed by atoms with van der Waals surface area (Å²) in [6, 6.07) is 19.4. The lowest BCUT2D eigenvalue weighted by Gasteiger charge is -2.45. The molecule has 3 rings (SSSR count). The zero-order valence-electron chi connectivity index (χ0n) is 17.4. The molecule has 4 atom stereocenters. The van der Waals surface area contributed by atoms with Gasteiger partial charge in [0.15, 0.2) is 0 Å². The van der Waals surface area contributed by atoms with Crippen LogP contribution in [0.2, 0.25) is 0 Å². The largest absolute Gasteiger partial charge is 0.461 e. The van der Waals surface area contributed by atoms with Gasteiger partial charge >= 0.3 is 11.9 Å². The van der Waals surface area contributed by atoms with E-state index in [0.29, 0.717) is 25.9 Å². The molecule has 2 aromatic rings. The summed E-state index contributed by atoms with van der Waals surface area (Å²) in [6.45, 7) is 3.83. The molecular formula is C24H29NO5. The summed E-state index contributed by atoms with van der Waals surface area (Å²) in [5, 5.41) is 11.2. The second-order valence-corrected chi connectivity index (χ2v) is 7.73. The SMILES string of the molecule is CC(=O)O[C@H]1CC[C@@H](OC(C)=O)[C@H](N(Cc2ccccc2)Cc2ccccc2)[C@@H]1O. The predicted molar refractivity (Wildman–Crippen MR) is 112 cm³/mol. The molecule has 6 nitrogen and oxygen atoms in total. The van der Waals surface area contributed by atoms with Gasteiger partial charge in [-0.1, -0.05) is 60.7 Å². The van der Waals surface area contributed by atoms with Crippen LogP contribution in [0.3, 0.4) is 0 Å². The smallest absolute Gasteiger partial charge is 0.302 e. The highest BCUT2D eigenvalue weighted by Gasteiger charge is 2.45. The Balaban J connectivity index is 1.93. The van der Waals surface area contributed by atoms with Gasteiger partial charge in [0.05, 0.1) is 6.04 Å². The summed E-state index contributed by atoms with van der Waals surface area (Å²) in [7, 11) is 0. The van der Waals surface area contributed by atoms with Gasteiger partial charge < -0.3 is 14.6 Å². The molecule has 0 radical (unpaired) electrons. The summed E-state index contributed by atoms with van der Waals surface area (Å²) in [6.07, 6.45) is -1.14. The van der Waals surface area contributed by atoms with Crippen LogP contribution >= 0.6 is 0 Å². The molecule has 0 unspecified atom stereocenters. The number of esters is 2. The van der Waals surface area contributed by atoms with Gasteiger partial charge in [-0.25, -0.2) is 0 Å². The minimum absolute atomic E-state index is 0.387. The summed E-state index contributed by atoms with van der Waals surface area (Å²) in [4.78, 5) is 25.4. The van der Waals surface area contributed by atoms with E-state index in [2.05, 4.69) is 4.90 Å². The Kier molecular flexibility index (Phi) is 7.60. The van der Waals surface area contributed by atoms with E-state index in [4.69, 9.17) is 9.47 Å². The molecule has 1 saturated carbocycles. The third-order valence-electron chi connectivity index (χ3n) is 5.36. The van der Waals surface area contributed by atoms with Crippen molar-refractivity contribution >= 4 is 11.9 Å². The first-order valence-corrected chi connectivity index (χ1v) is 10.3. The molecule has 6 heteroatoms. The van der Waals surface area contributed by atoms with E-state index >= 15 is 0 Å². The Morgan fingerprint density at radius 2 is 1.27 bits per heavy atom. The first kappa shape index (κ1) is 22.0. The first-order chi connectivity index (χ1) is 14.4. The topological polar surface area (TPSA) is 76.1 Å². The number of nitrogens with zero attached hydrogens (tertiary/aromatic N) is 1. The van der Waals surface area contributed by atoms with Crippen LogP contribution in [0.25, 0.3) is 0 Å². The van der Waals surface area contributed by atoms with Crippen LogP contribution in [-0.2, 0) is 32.2 Å². The minimum Gasteiger partial charge on any atom is -0.461 e. The number of benzene rings is 2. The second-order valence-electron chi connectivity index (χ2n) is 7.73. The van der Waals surface area contributed by atoms with Crippen molar-refractivity contribution in [3.63, 3.8) is 0 Å². The van der Waals surface area contributed by atoms with Crippen molar-refractivity contribution in [1.29, 1.82) is 0 Å². The molecular weight excluding hydrogens is 382 g/mol. The Bertz CT molecular complexity index is 785. The summed E-state index contributed by atoms with van der Waals surface area (Å²) < 4.78 is 11.0. The predicted octanol–water partition coefficient (Wildman–Crippen LogP) is 3.08. The Labute approximate surface area is 177 Å². The number of aliphatic hydroxyl groups excluding tert-OH is 1. The van der Waals surface area contributed by atoms with Crippen LogP contribution in [0.1, 0.15) is 37.8 Å². The lowest BCUT2D eigenvalue weighted by molar-refractivity contribution is -0.179. The van der Waals surface area contributed by atoms with Crippen molar-refractivity contribution in [2.75, 3.05) is 0 Å². The molecule has 1 aliphatic carbocycles. The van der Waals surface area contributed by atoms with E-state index in [1.165, 1.54) is 13.8 Å². The Morgan fingerprint density at radius 1 is 0.833 bits per heavy atom. The highest BCUT2D eigenvalue weighted by molar-refractivity contribution is 5.66. The van der Waals surface area contributed by atoms with Crippen LogP contribution < -0.4 is 0 Å². The van der Waals surface area contributed by atoms with E-state index in [1.54, 1.807) is 0 Å². The zero-order chi connectivity index (χ0) is 21.5. The number of hydrogen-bond acceptors (Lipinski definition) is 6. The highest BCUT2D eigenvalue weighted by Crippen LogP contribution is 2.31. The van der Waals surface area contributed by atoms with Crippen LogP contribution in [0.5, 0.6) is 0 Å². The maximum absolute atomic E-state index is 11.8. The highest BCUT2D eigenvalue weighted by atomic mass is 16.6. The molecule has 1 N–H and O–H groups in total. The van der Waals surface area contributed by atoms with E-state index in [9.17, 15) is 14.7 Å². The maximum Gasteiger partial charge on any atom is 0.302 e. The second kappa shape index (κ2) is 10.4. The standard InChI is InChI=1S/C24H29NO5/c1-17(26)29-21-13-14-22(30-18(2)27)24(28)23(21)25(15-19-9-5-3-6-10-19)16-20-11-7-4-8-12-20/h3-12,21-24,28H,13-16H2,1-2H3/t21-,22+,23+,24-/m1/s1. The number of rotatable bonds is 7. The lowest BCUT2D eigenvalue weighted by Crippen LogP contribution is -2.59. The fourth-order valence-corrected chi connectivity index (χ4v) is 4.15. The van der Waals surface area contributed by atoms with Crippen LogP contribution in [0.4, 0.5) is 0 Å². The summed E-state index contributed by atoms with van der Waals surface area (Å²) >= 11 is 0. The van der Waals surface area contributed by atoms with E-state index in [1.807, 2.05) is 60.7 Å². The van der Waals surface area contributed by atoms with Crippen molar-refractivity contribution < 1.29 is 24.2 Å². The number of carbonyl (C=O) groups excluding carboxylic acids is 2. The van der Waals surface area contributed by atoms with Crippen molar-refractivity contribution in [1.82, 2.24) is 4.90 Å². The lowest BCUT2D eigenvalue weighted by atomic mass is 9.85. The average Bonchev–Trinajstić information content (AvgIpc) is 2.71. The maximum atomic E-state index is 11.8. The molecule has 160 valence electrons. The van der Waals surface area contributed by atoms with Crippen LogP contribution in [0.15, 0.2) is 60.7 Å². The van der Waals surface area contributed by atoms with Gasteiger partial charge in [-0.2, -0.15) is 0 Å². The van der Waals surface area contributed by atoms with E-state index in [0.717, 1.165) is 11.1 Å². The fourth-order valence-electron chi connectivity index (χ4n) is 4.15. The van der Waals surface area contributed by atoms with Gasteiger partial charge in [-0.3, -0.25) is 14.5 Å². The van der Waals surface area contributed by atoms with Gasteiger partial charge in [0.25, 0.3) is 0 Å². The molecule has 1 fully saturated rings. The van der Waals surface area contributed by atoms with Crippen LogP contribution in [0, 0.1) is 0 Å². The summed E-state index contributed by atoms with van der Waals surface area (Å²) in [5.74, 6) is -0.816. The van der Waals surface area contributed by atoms with E-state index in [-0.39, 0.29) is 5.97 Å². The molecule has 30 heavy (non-hydrogen) atoms. The first-order valence-electron chi connectivity index (χ1n) is 10.3. The van der Waals surface area contributed by atoms with Gasteiger partial charge in [0, 0.05) is 26.9 Å². The van der Waals surface area contributed by atoms with Gasteiger partial charge in [-0.15, -0.1) is 0 Å². The zero-order valence-corrected chi connectivity index (χ0v) is 17.4. The third-order valence-corrected chi connectivity index (χ3v) is 5.36. The van der Waals surface area contributed by atoms with Crippen molar-refractivity contribution in [2.24, 2.45) is 0 Å². The molecule has 0 saturated heterocycles. The number of ether oxygens (including phenoxy) is 2. The fraction of sp³-hybridized carbons (Fsp3) is 0.417. The average molecular weight is 411 g/mol. The van der Waals surface area contributed by atoms with Crippen LogP contribution in [-0.4, -0.2) is 46.3 Å². The molecule has 0 amide bonds. The molecule has 0 heterocycles. The van der Waals surface area contributed by atoms with E-state index < -0.39 is 30.3 Å². The van der Waals surface area contributed by atoms with Gasteiger partial charge in [0.2, 0.25) is 0 Å². The number of carbonyl (C=O) groups is 2. The normalized spacial score (nSPS) is 23.7. The monoisotopic (exact) mass is 411 g/mol. The number of hydrogen-bond donors (Lipinski definition) is 1. The Morgan fingerprint density at radius 3 is 1.73 bits per heavy atom. The molecule has 0 bridgehead atoms.